The molecule has 0 bridgehead atoms. The second-order valence-corrected chi connectivity index (χ2v) is 4.01. The zero-order chi connectivity index (χ0) is 15.7. The van der Waals surface area contributed by atoms with Crippen LogP contribution in [-0.2, 0) is 4.74 Å². The first-order valence-electron chi connectivity index (χ1n) is 5.55. The van der Waals surface area contributed by atoms with E-state index >= 15 is 0 Å². The van der Waals surface area contributed by atoms with Crippen LogP contribution >= 0.6 is 0 Å². The molecule has 0 radical (unpaired) electrons. The summed E-state index contributed by atoms with van der Waals surface area (Å²) >= 11 is 0. The van der Waals surface area contributed by atoms with Crippen LogP contribution in [0.15, 0.2) is 45.6 Å². The Labute approximate surface area is 114 Å². The van der Waals surface area contributed by atoms with Crippen molar-refractivity contribution < 1.29 is 39.9 Å². The van der Waals surface area contributed by atoms with Gasteiger partial charge in [0.05, 0.1) is 12.5 Å². The molecule has 0 N–H and O–H groups in total. The molecule has 9 heteroatoms. The van der Waals surface area contributed by atoms with Crippen molar-refractivity contribution in [1.82, 2.24) is 0 Å². The number of ether oxygens (including phenoxy) is 1. The van der Waals surface area contributed by atoms with Crippen molar-refractivity contribution in [2.24, 2.45) is 0 Å². The SMILES string of the molecule is FC(F)(F)C(OC(c1ccco1)C(F)(F)F)c1ccco1. The monoisotopic (exact) mass is 314 g/mol. The van der Waals surface area contributed by atoms with Crippen LogP contribution in [0.3, 0.4) is 0 Å². The first-order chi connectivity index (χ1) is 9.69. The van der Waals surface area contributed by atoms with Crippen LogP contribution in [0.1, 0.15) is 23.7 Å². The average molecular weight is 314 g/mol. The first-order valence-corrected chi connectivity index (χ1v) is 5.55. The molecule has 2 aromatic heterocycles. The molecule has 0 aromatic carbocycles. The Morgan fingerprint density at radius 2 is 1.14 bits per heavy atom. The Balaban J connectivity index is 2.33. The van der Waals surface area contributed by atoms with Crippen molar-refractivity contribution >= 4 is 0 Å². The number of alkyl halides is 6. The van der Waals surface area contributed by atoms with E-state index in [1.807, 2.05) is 0 Å². The van der Waals surface area contributed by atoms with Crippen LogP contribution in [0.2, 0.25) is 0 Å². The fourth-order valence-electron chi connectivity index (χ4n) is 1.63. The number of hydrogen-bond donors (Lipinski definition) is 0. The van der Waals surface area contributed by atoms with Gasteiger partial charge in [0.15, 0.2) is 0 Å². The van der Waals surface area contributed by atoms with Gasteiger partial charge >= 0.3 is 12.4 Å². The lowest BCUT2D eigenvalue weighted by Crippen LogP contribution is -2.31. The van der Waals surface area contributed by atoms with E-state index in [1.54, 1.807) is 0 Å². The van der Waals surface area contributed by atoms with Gasteiger partial charge < -0.3 is 13.6 Å². The van der Waals surface area contributed by atoms with Crippen LogP contribution in [-0.4, -0.2) is 12.4 Å². The molecule has 3 nitrogen and oxygen atoms in total. The molecule has 116 valence electrons. The number of hydrogen-bond acceptors (Lipinski definition) is 3. The largest absolute Gasteiger partial charge is 0.466 e. The second kappa shape index (κ2) is 5.47. The molecule has 2 aromatic rings. The zero-order valence-electron chi connectivity index (χ0n) is 10.1. The highest BCUT2D eigenvalue weighted by Crippen LogP contribution is 2.44. The number of halogens is 6. The van der Waals surface area contributed by atoms with Gasteiger partial charge in [0.2, 0.25) is 12.2 Å². The maximum atomic E-state index is 12.9. The van der Waals surface area contributed by atoms with Crippen LogP contribution < -0.4 is 0 Å². The summed E-state index contributed by atoms with van der Waals surface area (Å²) in [7, 11) is 0. The molecule has 0 spiro atoms. The van der Waals surface area contributed by atoms with Crippen LogP contribution in [0.4, 0.5) is 26.3 Å². The van der Waals surface area contributed by atoms with E-state index in [-0.39, 0.29) is 0 Å². The lowest BCUT2D eigenvalue weighted by atomic mass is 10.2. The summed E-state index contributed by atoms with van der Waals surface area (Å²) in [4.78, 5) is 0. The maximum absolute atomic E-state index is 12.9. The van der Waals surface area contributed by atoms with Crippen molar-refractivity contribution in [2.45, 2.75) is 24.6 Å². The molecule has 0 saturated carbocycles. The van der Waals surface area contributed by atoms with E-state index in [4.69, 9.17) is 0 Å². The fraction of sp³-hybridized carbons (Fsp3) is 0.333. The van der Waals surface area contributed by atoms with Crippen molar-refractivity contribution in [3.05, 3.63) is 48.3 Å². The number of furan rings is 2. The Bertz CT molecular complexity index is 490. The van der Waals surface area contributed by atoms with Gasteiger partial charge in [0.1, 0.15) is 11.5 Å². The Morgan fingerprint density at radius 3 is 1.38 bits per heavy atom. The Kier molecular flexibility index (Phi) is 4.04. The maximum Gasteiger partial charge on any atom is 0.421 e. The summed E-state index contributed by atoms with van der Waals surface area (Å²) in [5.41, 5.74) is 0. The lowest BCUT2D eigenvalue weighted by molar-refractivity contribution is -0.298. The molecular formula is C12H8F6O3. The van der Waals surface area contributed by atoms with Gasteiger partial charge in [-0.1, -0.05) is 0 Å². The van der Waals surface area contributed by atoms with Crippen LogP contribution in [0, 0.1) is 0 Å². The number of rotatable bonds is 4. The molecular weight excluding hydrogens is 306 g/mol. The summed E-state index contributed by atoms with van der Waals surface area (Å²) in [6, 6.07) is 4.00. The average Bonchev–Trinajstić information content (AvgIpc) is 2.96. The summed E-state index contributed by atoms with van der Waals surface area (Å²) in [6.45, 7) is 0. The van der Waals surface area contributed by atoms with Gasteiger partial charge in [-0.05, 0) is 24.3 Å². The van der Waals surface area contributed by atoms with Crippen LogP contribution in [0.5, 0.6) is 0 Å². The summed E-state index contributed by atoms with van der Waals surface area (Å²) in [5, 5.41) is 0. The predicted octanol–water partition coefficient (Wildman–Crippen LogP) is 4.80. The summed E-state index contributed by atoms with van der Waals surface area (Å²) < 4.78 is 90.6. The zero-order valence-corrected chi connectivity index (χ0v) is 10.1. The highest BCUT2D eigenvalue weighted by atomic mass is 19.4. The van der Waals surface area contributed by atoms with Crippen LogP contribution in [0.25, 0.3) is 0 Å². The van der Waals surface area contributed by atoms with Crippen molar-refractivity contribution in [2.75, 3.05) is 0 Å². The standard InChI is InChI=1S/C12H8F6O3/c13-11(14,15)9(7-3-1-5-19-7)21-10(12(16,17)18)8-4-2-6-20-8/h1-6,9-10H. The summed E-state index contributed by atoms with van der Waals surface area (Å²) in [5.74, 6) is -1.55. The quantitative estimate of drug-likeness (QED) is 0.761. The van der Waals surface area contributed by atoms with E-state index in [0.717, 1.165) is 36.8 Å². The van der Waals surface area contributed by atoms with E-state index in [1.165, 1.54) is 0 Å². The molecule has 0 aliphatic heterocycles. The van der Waals surface area contributed by atoms with Gasteiger partial charge in [-0.2, -0.15) is 26.3 Å². The predicted molar refractivity (Wildman–Crippen MR) is 56.1 cm³/mol. The van der Waals surface area contributed by atoms with Gasteiger partial charge in [0.25, 0.3) is 0 Å². The molecule has 21 heavy (non-hydrogen) atoms. The van der Waals surface area contributed by atoms with E-state index in [0.29, 0.717) is 0 Å². The highest BCUT2D eigenvalue weighted by Gasteiger charge is 2.52. The van der Waals surface area contributed by atoms with Gasteiger partial charge in [-0.3, -0.25) is 0 Å². The minimum atomic E-state index is -5.08. The Morgan fingerprint density at radius 1 is 0.762 bits per heavy atom. The molecule has 0 saturated heterocycles. The fourth-order valence-corrected chi connectivity index (χ4v) is 1.63. The van der Waals surface area contributed by atoms with E-state index < -0.39 is 36.1 Å². The molecule has 2 unspecified atom stereocenters. The third-order valence-corrected chi connectivity index (χ3v) is 2.47. The topological polar surface area (TPSA) is 35.5 Å². The molecule has 2 heterocycles. The van der Waals surface area contributed by atoms with Crippen molar-refractivity contribution in [3.8, 4) is 0 Å². The molecule has 0 fully saturated rings. The van der Waals surface area contributed by atoms with E-state index in [2.05, 4.69) is 13.6 Å². The van der Waals surface area contributed by atoms with Crippen molar-refractivity contribution in [3.63, 3.8) is 0 Å². The molecule has 0 aliphatic carbocycles. The molecule has 0 amide bonds. The summed E-state index contributed by atoms with van der Waals surface area (Å²) in [6.07, 6.45) is -14.0. The van der Waals surface area contributed by atoms with Gasteiger partial charge in [0, 0.05) is 0 Å². The lowest BCUT2D eigenvalue weighted by Gasteiger charge is -2.25. The van der Waals surface area contributed by atoms with Gasteiger partial charge in [-0.15, -0.1) is 0 Å². The normalized spacial score (nSPS) is 15.9. The minimum Gasteiger partial charge on any atom is -0.466 e. The highest BCUT2D eigenvalue weighted by molar-refractivity contribution is 5.08. The third kappa shape index (κ3) is 3.60. The minimum absolute atomic E-state index is 0.775. The van der Waals surface area contributed by atoms with E-state index in [9.17, 15) is 26.3 Å². The second-order valence-electron chi connectivity index (χ2n) is 4.01. The molecule has 0 aliphatic rings. The molecule has 2 atom stereocenters. The third-order valence-electron chi connectivity index (χ3n) is 2.47. The van der Waals surface area contributed by atoms with Crippen molar-refractivity contribution in [1.29, 1.82) is 0 Å². The smallest absolute Gasteiger partial charge is 0.421 e. The molecule has 2 rings (SSSR count). The van der Waals surface area contributed by atoms with Gasteiger partial charge in [-0.25, -0.2) is 0 Å². The Hall–Kier alpha value is -1.90. The first kappa shape index (κ1) is 15.5.